The lowest BCUT2D eigenvalue weighted by molar-refractivity contribution is -0.121. The van der Waals surface area contributed by atoms with Crippen molar-refractivity contribution in [3.63, 3.8) is 0 Å². The van der Waals surface area contributed by atoms with Crippen LogP contribution < -0.4 is 10.1 Å². The molecule has 3 aromatic carbocycles. The molecule has 1 N–H and O–H groups in total. The van der Waals surface area contributed by atoms with E-state index in [1.807, 2.05) is 68.4 Å². The van der Waals surface area contributed by atoms with Crippen LogP contribution >= 0.6 is 0 Å². The molecule has 1 amide bonds. The Labute approximate surface area is 182 Å². The fourth-order valence-corrected chi connectivity index (χ4v) is 3.84. The first-order chi connectivity index (χ1) is 15.0. The fraction of sp³-hybridized carbons (Fsp3) is 0.231. The molecule has 1 heterocycles. The van der Waals surface area contributed by atoms with Crippen molar-refractivity contribution in [3.05, 3.63) is 95.3 Å². The highest BCUT2D eigenvalue weighted by Crippen LogP contribution is 2.23. The molecular formula is C26H27N3O2. The van der Waals surface area contributed by atoms with Gasteiger partial charge in [0, 0.05) is 6.54 Å². The van der Waals surface area contributed by atoms with Crippen LogP contribution in [0.15, 0.2) is 72.8 Å². The summed E-state index contributed by atoms with van der Waals surface area (Å²) in [5, 5.41) is 3.14. The molecule has 0 aliphatic carbocycles. The topological polar surface area (TPSA) is 56.1 Å². The van der Waals surface area contributed by atoms with Crippen molar-refractivity contribution in [2.45, 2.75) is 32.9 Å². The summed E-state index contributed by atoms with van der Waals surface area (Å²) in [7, 11) is 1.66. The maximum absolute atomic E-state index is 12.7. The van der Waals surface area contributed by atoms with Crippen molar-refractivity contribution in [2.24, 2.45) is 0 Å². The van der Waals surface area contributed by atoms with Gasteiger partial charge >= 0.3 is 0 Å². The number of ether oxygens (including phenoxy) is 1. The van der Waals surface area contributed by atoms with Crippen LogP contribution in [-0.4, -0.2) is 22.6 Å². The van der Waals surface area contributed by atoms with Crippen molar-refractivity contribution in [1.29, 1.82) is 0 Å². The van der Waals surface area contributed by atoms with Crippen molar-refractivity contribution >= 4 is 16.9 Å². The van der Waals surface area contributed by atoms with E-state index in [1.165, 1.54) is 0 Å². The Kier molecular flexibility index (Phi) is 6.03. The smallest absolute Gasteiger partial charge is 0.225 e. The number of hydrogen-bond donors (Lipinski definition) is 1. The number of nitrogens with zero attached hydrogens (tertiary/aromatic N) is 2. The second-order valence-corrected chi connectivity index (χ2v) is 7.79. The van der Waals surface area contributed by atoms with E-state index in [0.717, 1.165) is 39.3 Å². The van der Waals surface area contributed by atoms with Gasteiger partial charge in [0.05, 0.1) is 30.6 Å². The Morgan fingerprint density at radius 2 is 1.74 bits per heavy atom. The molecule has 1 atom stereocenters. The first-order valence-corrected chi connectivity index (χ1v) is 10.5. The van der Waals surface area contributed by atoms with E-state index in [2.05, 4.69) is 28.1 Å². The summed E-state index contributed by atoms with van der Waals surface area (Å²) in [6, 6.07) is 23.9. The number of benzene rings is 3. The van der Waals surface area contributed by atoms with Gasteiger partial charge in [-0.3, -0.25) is 4.79 Å². The molecule has 5 nitrogen and oxygen atoms in total. The summed E-state index contributed by atoms with van der Waals surface area (Å²) in [6.07, 6.45) is 0.357. The Morgan fingerprint density at radius 1 is 1.03 bits per heavy atom. The lowest BCUT2D eigenvalue weighted by Gasteiger charge is -2.17. The molecule has 31 heavy (non-hydrogen) atoms. The third-order valence-electron chi connectivity index (χ3n) is 5.56. The molecule has 0 fully saturated rings. The summed E-state index contributed by atoms with van der Waals surface area (Å²) in [5.41, 5.74) is 5.28. The van der Waals surface area contributed by atoms with Gasteiger partial charge in [-0.05, 0) is 54.8 Å². The van der Waals surface area contributed by atoms with Gasteiger partial charge in [-0.1, -0.05) is 48.5 Å². The molecule has 0 spiro atoms. The normalized spacial score (nSPS) is 12.0. The number of imidazole rings is 1. The average Bonchev–Trinajstić information content (AvgIpc) is 3.14. The first kappa shape index (κ1) is 20.7. The minimum atomic E-state index is -0.220. The van der Waals surface area contributed by atoms with E-state index in [0.29, 0.717) is 13.0 Å². The van der Waals surface area contributed by atoms with Gasteiger partial charge in [-0.2, -0.15) is 0 Å². The predicted molar refractivity (Wildman–Crippen MR) is 123 cm³/mol. The van der Waals surface area contributed by atoms with Crippen LogP contribution in [0.3, 0.4) is 0 Å². The van der Waals surface area contributed by atoms with Crippen molar-refractivity contribution in [2.75, 3.05) is 7.11 Å². The molecule has 0 aliphatic rings. The van der Waals surface area contributed by atoms with E-state index in [-0.39, 0.29) is 11.9 Å². The maximum Gasteiger partial charge on any atom is 0.225 e. The zero-order chi connectivity index (χ0) is 21.8. The SMILES string of the molecule is COc1ccc(Cn2c(C(C)NC(=O)Cc3ccccc3C)nc3ccccc32)cc1. The van der Waals surface area contributed by atoms with E-state index in [4.69, 9.17) is 9.72 Å². The highest BCUT2D eigenvalue weighted by atomic mass is 16.5. The summed E-state index contributed by atoms with van der Waals surface area (Å²) >= 11 is 0. The second-order valence-electron chi connectivity index (χ2n) is 7.79. The molecule has 0 bridgehead atoms. The van der Waals surface area contributed by atoms with Crippen LogP contribution in [0.5, 0.6) is 5.75 Å². The lowest BCUT2D eigenvalue weighted by atomic mass is 10.1. The van der Waals surface area contributed by atoms with Gasteiger partial charge in [0.2, 0.25) is 5.91 Å². The van der Waals surface area contributed by atoms with Crippen LogP contribution in [0.2, 0.25) is 0 Å². The molecule has 0 radical (unpaired) electrons. The van der Waals surface area contributed by atoms with Crippen LogP contribution in [0.1, 0.15) is 35.5 Å². The number of fused-ring (bicyclic) bond motifs is 1. The van der Waals surface area contributed by atoms with Crippen LogP contribution in [0, 0.1) is 6.92 Å². The number of nitrogens with one attached hydrogen (secondary N) is 1. The third kappa shape index (κ3) is 4.61. The van der Waals surface area contributed by atoms with E-state index >= 15 is 0 Å². The molecule has 5 heteroatoms. The maximum atomic E-state index is 12.7. The fourth-order valence-electron chi connectivity index (χ4n) is 3.84. The number of hydrogen-bond acceptors (Lipinski definition) is 3. The van der Waals surface area contributed by atoms with Crippen LogP contribution in [0.25, 0.3) is 11.0 Å². The van der Waals surface area contributed by atoms with Gasteiger partial charge in [-0.15, -0.1) is 0 Å². The Balaban J connectivity index is 1.59. The summed E-state index contributed by atoms with van der Waals surface area (Å²) < 4.78 is 7.45. The second kappa shape index (κ2) is 9.04. The molecule has 0 aliphatic heterocycles. The number of rotatable bonds is 7. The lowest BCUT2D eigenvalue weighted by Crippen LogP contribution is -2.30. The van der Waals surface area contributed by atoms with E-state index in [1.54, 1.807) is 7.11 Å². The van der Waals surface area contributed by atoms with Gasteiger partial charge in [0.25, 0.3) is 0 Å². The van der Waals surface area contributed by atoms with Crippen LogP contribution in [-0.2, 0) is 17.8 Å². The quantitative estimate of drug-likeness (QED) is 0.473. The van der Waals surface area contributed by atoms with Gasteiger partial charge in [-0.25, -0.2) is 4.98 Å². The monoisotopic (exact) mass is 413 g/mol. The Morgan fingerprint density at radius 3 is 2.48 bits per heavy atom. The number of amides is 1. The predicted octanol–water partition coefficient (Wildman–Crippen LogP) is 4.82. The molecule has 158 valence electrons. The van der Waals surface area contributed by atoms with Gasteiger partial charge < -0.3 is 14.6 Å². The van der Waals surface area contributed by atoms with Crippen molar-refractivity contribution < 1.29 is 9.53 Å². The summed E-state index contributed by atoms with van der Waals surface area (Å²) in [4.78, 5) is 17.6. The Hall–Kier alpha value is -3.60. The van der Waals surface area contributed by atoms with Gasteiger partial charge in [0.1, 0.15) is 11.6 Å². The molecule has 1 aromatic heterocycles. The number of aryl methyl sites for hydroxylation is 1. The number of aromatic nitrogens is 2. The number of para-hydroxylation sites is 2. The molecule has 0 saturated carbocycles. The average molecular weight is 414 g/mol. The molecular weight excluding hydrogens is 386 g/mol. The van der Waals surface area contributed by atoms with Crippen LogP contribution in [0.4, 0.5) is 0 Å². The number of methoxy groups -OCH3 is 1. The standard InChI is InChI=1S/C26H27N3O2/c1-18-8-4-5-9-21(18)16-25(30)27-19(2)26-28-23-10-6-7-11-24(23)29(26)17-20-12-14-22(31-3)15-13-20/h4-15,19H,16-17H2,1-3H3,(H,27,30). The summed E-state index contributed by atoms with van der Waals surface area (Å²) in [5.74, 6) is 1.66. The number of carbonyl (C=O) groups excluding carboxylic acids is 1. The zero-order valence-corrected chi connectivity index (χ0v) is 18.1. The van der Waals surface area contributed by atoms with Gasteiger partial charge in [0.15, 0.2) is 0 Å². The largest absolute Gasteiger partial charge is 0.497 e. The minimum Gasteiger partial charge on any atom is -0.497 e. The zero-order valence-electron chi connectivity index (χ0n) is 18.1. The molecule has 0 saturated heterocycles. The molecule has 4 rings (SSSR count). The first-order valence-electron chi connectivity index (χ1n) is 10.5. The highest BCUT2D eigenvalue weighted by Gasteiger charge is 2.19. The molecule has 4 aromatic rings. The highest BCUT2D eigenvalue weighted by molar-refractivity contribution is 5.80. The third-order valence-corrected chi connectivity index (χ3v) is 5.56. The molecule has 1 unspecified atom stereocenters. The Bertz CT molecular complexity index is 1190. The summed E-state index contributed by atoms with van der Waals surface area (Å²) in [6.45, 7) is 4.68. The number of carbonyl (C=O) groups is 1. The van der Waals surface area contributed by atoms with E-state index in [9.17, 15) is 4.79 Å². The minimum absolute atomic E-state index is 0.00939. The van der Waals surface area contributed by atoms with E-state index < -0.39 is 0 Å². The van der Waals surface area contributed by atoms with Crippen molar-refractivity contribution in [3.8, 4) is 5.75 Å². The van der Waals surface area contributed by atoms with Crippen molar-refractivity contribution in [1.82, 2.24) is 14.9 Å².